The molecule has 0 saturated heterocycles. The van der Waals surface area contributed by atoms with E-state index in [9.17, 15) is 9.59 Å². The van der Waals surface area contributed by atoms with Gasteiger partial charge in [0.1, 0.15) is 5.69 Å². The Morgan fingerprint density at radius 1 is 1.40 bits per heavy atom. The summed E-state index contributed by atoms with van der Waals surface area (Å²) in [6.45, 7) is 5.23. The van der Waals surface area contributed by atoms with Crippen LogP contribution in [0, 0.1) is 0 Å². The van der Waals surface area contributed by atoms with Gasteiger partial charge in [0.25, 0.3) is 5.91 Å². The fourth-order valence-corrected chi connectivity index (χ4v) is 2.65. The minimum Gasteiger partial charge on any atom is -0.342 e. The molecule has 0 aromatic carbocycles. The molecule has 0 spiro atoms. The van der Waals surface area contributed by atoms with E-state index < -0.39 is 0 Å². The molecule has 1 fully saturated rings. The lowest BCUT2D eigenvalue weighted by Gasteiger charge is -2.18. The van der Waals surface area contributed by atoms with Crippen LogP contribution in [0.15, 0.2) is 16.7 Å². The molecule has 0 unspecified atom stereocenters. The van der Waals surface area contributed by atoms with Crippen LogP contribution in [0.4, 0.5) is 0 Å². The number of nitrogens with zero attached hydrogens (tertiary/aromatic N) is 2. The van der Waals surface area contributed by atoms with Crippen molar-refractivity contribution in [2.75, 3.05) is 19.6 Å². The molecule has 0 radical (unpaired) electrons. The number of amides is 2. The zero-order valence-corrected chi connectivity index (χ0v) is 13.4. The normalized spacial score (nSPS) is 14.2. The first kappa shape index (κ1) is 15.1. The van der Waals surface area contributed by atoms with Crippen LogP contribution in [-0.2, 0) is 4.79 Å². The summed E-state index contributed by atoms with van der Waals surface area (Å²) in [5, 5.41) is 2.71. The van der Waals surface area contributed by atoms with E-state index in [1.54, 1.807) is 11.0 Å². The van der Waals surface area contributed by atoms with Crippen molar-refractivity contribution < 1.29 is 9.59 Å². The van der Waals surface area contributed by atoms with E-state index in [1.807, 2.05) is 24.6 Å². The topological polar surface area (TPSA) is 54.3 Å². The average molecular weight is 342 g/mol. The van der Waals surface area contributed by atoms with Gasteiger partial charge in [-0.1, -0.05) is 0 Å². The van der Waals surface area contributed by atoms with Gasteiger partial charge >= 0.3 is 0 Å². The molecule has 1 aliphatic carbocycles. The van der Waals surface area contributed by atoms with Gasteiger partial charge in [0.2, 0.25) is 5.91 Å². The second-order valence-electron chi connectivity index (χ2n) is 4.93. The van der Waals surface area contributed by atoms with Crippen LogP contribution in [0.2, 0.25) is 0 Å². The van der Waals surface area contributed by atoms with Crippen LogP contribution in [0.3, 0.4) is 0 Å². The summed E-state index contributed by atoms with van der Waals surface area (Å²) in [6.07, 6.45) is 4.15. The lowest BCUT2D eigenvalue weighted by molar-refractivity contribution is -0.129. The fourth-order valence-electron chi connectivity index (χ4n) is 2.22. The molecule has 1 heterocycles. The van der Waals surface area contributed by atoms with Crippen molar-refractivity contribution in [3.63, 3.8) is 0 Å². The quantitative estimate of drug-likeness (QED) is 0.862. The highest BCUT2D eigenvalue weighted by Gasteiger charge is 2.27. The summed E-state index contributed by atoms with van der Waals surface area (Å²) in [4.78, 5) is 25.8. The van der Waals surface area contributed by atoms with Gasteiger partial charge in [-0.15, -0.1) is 0 Å². The Kier molecular flexibility index (Phi) is 4.86. The molecular formula is C14H20BrN3O2. The second-order valence-corrected chi connectivity index (χ2v) is 5.85. The molecule has 1 aromatic heterocycles. The number of carbonyl (C=O) groups excluding carboxylic acids is 2. The third-order valence-corrected chi connectivity index (χ3v) is 3.94. The van der Waals surface area contributed by atoms with Crippen LogP contribution >= 0.6 is 15.9 Å². The molecule has 6 heteroatoms. The SMILES string of the molecule is CCN(CC)C(=O)CNC(=O)c1cc(Br)cn1C1CC1. The number of carbonyl (C=O) groups is 2. The van der Waals surface area contributed by atoms with E-state index in [-0.39, 0.29) is 18.4 Å². The highest BCUT2D eigenvalue weighted by atomic mass is 79.9. The zero-order chi connectivity index (χ0) is 14.7. The van der Waals surface area contributed by atoms with Gasteiger partial charge in [-0.25, -0.2) is 0 Å². The minimum absolute atomic E-state index is 0.0491. The Balaban J connectivity index is 1.97. The number of aromatic nitrogens is 1. The highest BCUT2D eigenvalue weighted by Crippen LogP contribution is 2.37. The van der Waals surface area contributed by atoms with Gasteiger partial charge in [0.15, 0.2) is 0 Å². The molecule has 110 valence electrons. The van der Waals surface area contributed by atoms with Crippen molar-refractivity contribution in [2.45, 2.75) is 32.7 Å². The third-order valence-electron chi connectivity index (χ3n) is 3.50. The van der Waals surface area contributed by atoms with E-state index in [2.05, 4.69) is 21.2 Å². The molecular weight excluding hydrogens is 322 g/mol. The van der Waals surface area contributed by atoms with Gasteiger partial charge < -0.3 is 14.8 Å². The van der Waals surface area contributed by atoms with Crippen molar-refractivity contribution in [3.8, 4) is 0 Å². The smallest absolute Gasteiger partial charge is 0.268 e. The number of hydrogen-bond acceptors (Lipinski definition) is 2. The van der Waals surface area contributed by atoms with Crippen LogP contribution < -0.4 is 5.32 Å². The number of hydrogen-bond donors (Lipinski definition) is 1. The van der Waals surface area contributed by atoms with Crippen molar-refractivity contribution >= 4 is 27.7 Å². The monoisotopic (exact) mass is 341 g/mol. The number of halogens is 1. The van der Waals surface area contributed by atoms with Gasteiger partial charge in [0, 0.05) is 29.8 Å². The lowest BCUT2D eigenvalue weighted by Crippen LogP contribution is -2.40. The van der Waals surface area contributed by atoms with E-state index in [1.165, 1.54) is 0 Å². The van der Waals surface area contributed by atoms with E-state index in [0.29, 0.717) is 24.8 Å². The van der Waals surface area contributed by atoms with Crippen LogP contribution in [-0.4, -0.2) is 40.9 Å². The maximum Gasteiger partial charge on any atom is 0.268 e. The van der Waals surface area contributed by atoms with Crippen molar-refractivity contribution in [1.82, 2.24) is 14.8 Å². The van der Waals surface area contributed by atoms with Crippen LogP contribution in [0.1, 0.15) is 43.2 Å². The van der Waals surface area contributed by atoms with Crippen LogP contribution in [0.25, 0.3) is 0 Å². The van der Waals surface area contributed by atoms with Crippen molar-refractivity contribution in [2.24, 2.45) is 0 Å². The largest absolute Gasteiger partial charge is 0.342 e. The summed E-state index contributed by atoms with van der Waals surface area (Å²) in [6, 6.07) is 2.23. The van der Waals surface area contributed by atoms with Gasteiger partial charge in [-0.2, -0.15) is 0 Å². The molecule has 0 bridgehead atoms. The second kappa shape index (κ2) is 6.43. The summed E-state index contributed by atoms with van der Waals surface area (Å²) in [5.74, 6) is -0.241. The maximum absolute atomic E-state index is 12.2. The molecule has 1 saturated carbocycles. The third kappa shape index (κ3) is 3.42. The Hall–Kier alpha value is -1.30. The zero-order valence-electron chi connectivity index (χ0n) is 11.9. The maximum atomic E-state index is 12.2. The summed E-state index contributed by atoms with van der Waals surface area (Å²) >= 11 is 3.40. The molecule has 1 N–H and O–H groups in total. The van der Waals surface area contributed by atoms with Crippen molar-refractivity contribution in [1.29, 1.82) is 0 Å². The predicted molar refractivity (Wildman–Crippen MR) is 80.7 cm³/mol. The van der Waals surface area contributed by atoms with E-state index in [4.69, 9.17) is 0 Å². The van der Waals surface area contributed by atoms with Crippen LogP contribution in [0.5, 0.6) is 0 Å². The summed E-state index contributed by atoms with van der Waals surface area (Å²) in [7, 11) is 0. The first-order chi connectivity index (χ1) is 9.56. The first-order valence-electron chi connectivity index (χ1n) is 7.00. The van der Waals surface area contributed by atoms with E-state index in [0.717, 1.165) is 17.3 Å². The van der Waals surface area contributed by atoms with E-state index >= 15 is 0 Å². The fraction of sp³-hybridized carbons (Fsp3) is 0.571. The number of likely N-dealkylation sites (N-methyl/N-ethyl adjacent to an activating group) is 1. The Morgan fingerprint density at radius 2 is 2.05 bits per heavy atom. The van der Waals surface area contributed by atoms with Gasteiger partial charge in [0.05, 0.1) is 6.54 Å². The summed E-state index contributed by atoms with van der Waals surface area (Å²) in [5.41, 5.74) is 0.617. The molecule has 0 aliphatic heterocycles. The predicted octanol–water partition coefficient (Wildman–Crippen LogP) is 2.18. The van der Waals surface area contributed by atoms with Crippen molar-refractivity contribution in [3.05, 3.63) is 22.4 Å². The Morgan fingerprint density at radius 3 is 2.60 bits per heavy atom. The Labute approximate surface area is 127 Å². The highest BCUT2D eigenvalue weighted by molar-refractivity contribution is 9.10. The Bertz CT molecular complexity index is 505. The summed E-state index contributed by atoms with van der Waals surface area (Å²) < 4.78 is 2.88. The lowest BCUT2D eigenvalue weighted by atomic mass is 10.3. The average Bonchev–Trinajstić information content (AvgIpc) is 3.20. The molecule has 0 atom stereocenters. The first-order valence-corrected chi connectivity index (χ1v) is 7.79. The molecule has 1 aliphatic rings. The molecule has 5 nitrogen and oxygen atoms in total. The van der Waals surface area contributed by atoms with Gasteiger partial charge in [-0.05, 0) is 48.7 Å². The molecule has 2 rings (SSSR count). The minimum atomic E-state index is -0.192. The number of nitrogens with one attached hydrogen (secondary N) is 1. The molecule has 1 aromatic rings. The molecule has 2 amide bonds. The van der Waals surface area contributed by atoms with Gasteiger partial charge in [-0.3, -0.25) is 9.59 Å². The number of rotatable bonds is 6. The standard InChI is InChI=1S/C14H20BrN3O2/c1-3-17(4-2)13(19)8-16-14(20)12-7-10(15)9-18(12)11-5-6-11/h7,9,11H,3-6,8H2,1-2H3,(H,16,20). The molecule has 20 heavy (non-hydrogen) atoms.